The van der Waals surface area contributed by atoms with E-state index in [0.717, 1.165) is 21.3 Å². The summed E-state index contributed by atoms with van der Waals surface area (Å²) in [5.41, 5.74) is 7.13. The van der Waals surface area contributed by atoms with Gasteiger partial charge in [0.2, 0.25) is 0 Å². The zero-order valence-electron chi connectivity index (χ0n) is 10.9. The first-order chi connectivity index (χ1) is 9.51. The standard InChI is InChI=1S/C14H15Br3N2O/c1-19(8-9-3-2-4-10(15)5-9)12(7-18)13-6-11(16)14(17)20-13/h2-6,12H,7-8,18H2,1H3. The van der Waals surface area contributed by atoms with E-state index in [1.807, 2.05) is 25.2 Å². The lowest BCUT2D eigenvalue weighted by Crippen LogP contribution is -2.29. The Morgan fingerprint density at radius 3 is 2.55 bits per heavy atom. The van der Waals surface area contributed by atoms with Crippen molar-refractivity contribution < 1.29 is 4.42 Å². The van der Waals surface area contributed by atoms with Gasteiger partial charge in [-0.15, -0.1) is 0 Å². The lowest BCUT2D eigenvalue weighted by Gasteiger charge is -2.25. The molecular weight excluding hydrogens is 452 g/mol. The van der Waals surface area contributed by atoms with Gasteiger partial charge >= 0.3 is 0 Å². The number of hydrogen-bond donors (Lipinski definition) is 1. The highest BCUT2D eigenvalue weighted by Crippen LogP contribution is 2.32. The van der Waals surface area contributed by atoms with Crippen LogP contribution in [0, 0.1) is 0 Å². The first-order valence-corrected chi connectivity index (χ1v) is 8.48. The molecule has 1 aromatic carbocycles. The third-order valence-electron chi connectivity index (χ3n) is 3.07. The summed E-state index contributed by atoms with van der Waals surface area (Å²) < 4.78 is 8.37. The molecule has 2 aromatic rings. The van der Waals surface area contributed by atoms with Crippen molar-refractivity contribution in [2.75, 3.05) is 13.6 Å². The van der Waals surface area contributed by atoms with Crippen molar-refractivity contribution in [3.63, 3.8) is 0 Å². The van der Waals surface area contributed by atoms with E-state index in [4.69, 9.17) is 10.2 Å². The smallest absolute Gasteiger partial charge is 0.183 e. The van der Waals surface area contributed by atoms with E-state index in [9.17, 15) is 0 Å². The minimum Gasteiger partial charge on any atom is -0.451 e. The van der Waals surface area contributed by atoms with E-state index in [0.29, 0.717) is 11.2 Å². The number of hydrogen-bond acceptors (Lipinski definition) is 3. The maximum Gasteiger partial charge on any atom is 0.183 e. The van der Waals surface area contributed by atoms with Crippen molar-refractivity contribution in [3.8, 4) is 0 Å². The molecule has 1 aromatic heterocycles. The topological polar surface area (TPSA) is 42.4 Å². The molecule has 0 bridgehead atoms. The SMILES string of the molecule is CN(Cc1cccc(Br)c1)C(CN)c1cc(Br)c(Br)o1. The van der Waals surface area contributed by atoms with Crippen LogP contribution in [0.15, 0.2) is 48.4 Å². The zero-order chi connectivity index (χ0) is 14.7. The number of benzene rings is 1. The zero-order valence-corrected chi connectivity index (χ0v) is 15.7. The van der Waals surface area contributed by atoms with Gasteiger partial charge in [-0.2, -0.15) is 0 Å². The Labute approximate surface area is 143 Å². The fraction of sp³-hybridized carbons (Fsp3) is 0.286. The Balaban J connectivity index is 2.15. The molecule has 2 N–H and O–H groups in total. The van der Waals surface area contributed by atoms with Crippen LogP contribution in [0.1, 0.15) is 17.4 Å². The summed E-state index contributed by atoms with van der Waals surface area (Å²) in [5.74, 6) is 0.851. The summed E-state index contributed by atoms with van der Waals surface area (Å²) in [6, 6.07) is 10.3. The molecule has 0 radical (unpaired) electrons. The molecule has 0 saturated heterocycles. The van der Waals surface area contributed by atoms with Crippen molar-refractivity contribution in [1.29, 1.82) is 0 Å². The molecule has 20 heavy (non-hydrogen) atoms. The molecule has 108 valence electrons. The second kappa shape index (κ2) is 7.22. The molecule has 3 nitrogen and oxygen atoms in total. The lowest BCUT2D eigenvalue weighted by atomic mass is 10.1. The summed E-state index contributed by atoms with van der Waals surface area (Å²) in [6.07, 6.45) is 0. The van der Waals surface area contributed by atoms with E-state index >= 15 is 0 Å². The summed E-state index contributed by atoms with van der Waals surface area (Å²) in [7, 11) is 2.04. The fourth-order valence-electron chi connectivity index (χ4n) is 2.07. The van der Waals surface area contributed by atoms with Crippen LogP contribution in [0.3, 0.4) is 0 Å². The van der Waals surface area contributed by atoms with Crippen LogP contribution in [0.2, 0.25) is 0 Å². The van der Waals surface area contributed by atoms with Crippen LogP contribution in [0.25, 0.3) is 0 Å². The monoisotopic (exact) mass is 464 g/mol. The summed E-state index contributed by atoms with van der Waals surface area (Å²) in [4.78, 5) is 2.18. The van der Waals surface area contributed by atoms with Gasteiger partial charge in [-0.05, 0) is 62.7 Å². The second-order valence-electron chi connectivity index (χ2n) is 4.57. The lowest BCUT2D eigenvalue weighted by molar-refractivity contribution is 0.211. The van der Waals surface area contributed by atoms with Crippen molar-refractivity contribution in [3.05, 3.63) is 55.3 Å². The largest absolute Gasteiger partial charge is 0.451 e. The van der Waals surface area contributed by atoms with Gasteiger partial charge in [-0.3, -0.25) is 4.90 Å². The van der Waals surface area contributed by atoms with Crippen molar-refractivity contribution in [2.45, 2.75) is 12.6 Å². The third-order valence-corrected chi connectivity index (χ3v) is 5.27. The highest BCUT2D eigenvalue weighted by molar-refractivity contribution is 9.13. The second-order valence-corrected chi connectivity index (χ2v) is 7.06. The molecule has 1 heterocycles. The molecule has 0 amide bonds. The van der Waals surface area contributed by atoms with Crippen LogP contribution in [0.5, 0.6) is 0 Å². The molecular formula is C14H15Br3N2O. The van der Waals surface area contributed by atoms with Gasteiger partial charge in [-0.25, -0.2) is 0 Å². The van der Waals surface area contributed by atoms with Crippen LogP contribution < -0.4 is 5.73 Å². The van der Waals surface area contributed by atoms with Crippen molar-refractivity contribution in [2.24, 2.45) is 5.73 Å². The van der Waals surface area contributed by atoms with Crippen molar-refractivity contribution >= 4 is 47.8 Å². The van der Waals surface area contributed by atoms with Gasteiger partial charge in [0.05, 0.1) is 10.5 Å². The maximum atomic E-state index is 5.91. The minimum absolute atomic E-state index is 0.0385. The molecule has 6 heteroatoms. The highest BCUT2D eigenvalue weighted by Gasteiger charge is 2.21. The van der Waals surface area contributed by atoms with Crippen molar-refractivity contribution in [1.82, 2.24) is 4.90 Å². The summed E-state index contributed by atoms with van der Waals surface area (Å²) >= 11 is 10.3. The first-order valence-electron chi connectivity index (χ1n) is 6.10. The van der Waals surface area contributed by atoms with Gasteiger partial charge in [0.25, 0.3) is 0 Å². The summed E-state index contributed by atoms with van der Waals surface area (Å²) in [6.45, 7) is 1.30. The molecule has 0 saturated carbocycles. The predicted octanol–water partition coefficient (Wildman–Crippen LogP) is 4.70. The number of likely N-dealkylation sites (N-methyl/N-ethyl adjacent to an activating group) is 1. The first kappa shape index (κ1) is 16.2. The number of nitrogens with zero attached hydrogens (tertiary/aromatic N) is 1. The molecule has 0 fully saturated rings. The Hall–Kier alpha value is -0.140. The average Bonchev–Trinajstić information content (AvgIpc) is 2.70. The molecule has 0 aliphatic heterocycles. The molecule has 0 aliphatic rings. The Kier molecular flexibility index (Phi) is 5.86. The molecule has 0 spiro atoms. The van der Waals surface area contributed by atoms with Gasteiger partial charge in [0.15, 0.2) is 4.67 Å². The van der Waals surface area contributed by atoms with Crippen LogP contribution in [0.4, 0.5) is 0 Å². The average molecular weight is 467 g/mol. The predicted molar refractivity (Wildman–Crippen MR) is 91.5 cm³/mol. The van der Waals surface area contributed by atoms with E-state index < -0.39 is 0 Å². The molecule has 1 atom stereocenters. The number of rotatable bonds is 5. The van der Waals surface area contributed by atoms with E-state index in [2.05, 4.69) is 64.8 Å². The van der Waals surface area contributed by atoms with E-state index in [1.165, 1.54) is 5.56 Å². The van der Waals surface area contributed by atoms with Crippen LogP contribution >= 0.6 is 47.8 Å². The van der Waals surface area contributed by atoms with Gasteiger partial charge in [0.1, 0.15) is 5.76 Å². The fourth-order valence-corrected chi connectivity index (χ4v) is 3.13. The van der Waals surface area contributed by atoms with Crippen LogP contribution in [-0.4, -0.2) is 18.5 Å². The van der Waals surface area contributed by atoms with Gasteiger partial charge < -0.3 is 10.2 Å². The molecule has 1 unspecified atom stereocenters. The number of nitrogens with two attached hydrogens (primary N) is 1. The molecule has 0 aliphatic carbocycles. The normalized spacial score (nSPS) is 12.9. The quantitative estimate of drug-likeness (QED) is 0.694. The Morgan fingerprint density at radius 2 is 2.00 bits per heavy atom. The van der Waals surface area contributed by atoms with E-state index in [1.54, 1.807) is 0 Å². The highest BCUT2D eigenvalue weighted by atomic mass is 79.9. The Bertz CT molecular complexity index is 566. The third kappa shape index (κ3) is 3.95. The number of furan rings is 1. The van der Waals surface area contributed by atoms with E-state index in [-0.39, 0.29) is 6.04 Å². The summed E-state index contributed by atoms with van der Waals surface area (Å²) in [5, 5.41) is 0. The van der Waals surface area contributed by atoms with Crippen LogP contribution in [-0.2, 0) is 6.54 Å². The maximum absolute atomic E-state index is 5.91. The molecule has 2 rings (SSSR count). The number of halogens is 3. The minimum atomic E-state index is 0.0385. The Morgan fingerprint density at radius 1 is 1.25 bits per heavy atom. The van der Waals surface area contributed by atoms with Gasteiger partial charge in [0, 0.05) is 17.6 Å². The van der Waals surface area contributed by atoms with Gasteiger partial charge in [-0.1, -0.05) is 28.1 Å².